The predicted octanol–water partition coefficient (Wildman–Crippen LogP) is 2.13. The Hall–Kier alpha value is -0.860. The molecule has 1 aromatic rings. The molecule has 0 aliphatic heterocycles. The Bertz CT molecular complexity index is 354. The number of rotatable bonds is 4. The van der Waals surface area contributed by atoms with Crippen molar-refractivity contribution in [2.45, 2.75) is 31.2 Å². The summed E-state index contributed by atoms with van der Waals surface area (Å²) >= 11 is 0. The van der Waals surface area contributed by atoms with Crippen LogP contribution in [0.3, 0.4) is 0 Å². The molecule has 0 amide bonds. The smallest absolute Gasteiger partial charge is 0.0181 e. The zero-order valence-electron chi connectivity index (χ0n) is 10.4. The third-order valence-corrected chi connectivity index (χ3v) is 3.74. The van der Waals surface area contributed by atoms with E-state index in [4.69, 9.17) is 5.73 Å². The first-order valence-electron chi connectivity index (χ1n) is 6.11. The van der Waals surface area contributed by atoms with E-state index in [1.165, 1.54) is 30.4 Å². The molecule has 1 aromatic carbocycles. The number of hydrogen-bond donors (Lipinski definition) is 1. The van der Waals surface area contributed by atoms with Crippen molar-refractivity contribution < 1.29 is 0 Å². The van der Waals surface area contributed by atoms with Crippen LogP contribution in [0.1, 0.15) is 30.4 Å². The van der Waals surface area contributed by atoms with Crippen LogP contribution in [-0.4, -0.2) is 25.5 Å². The summed E-state index contributed by atoms with van der Waals surface area (Å²) in [6.07, 6.45) is 3.97. The van der Waals surface area contributed by atoms with E-state index < -0.39 is 0 Å². The van der Waals surface area contributed by atoms with Crippen LogP contribution in [0, 0.1) is 0 Å². The zero-order valence-corrected chi connectivity index (χ0v) is 10.4. The van der Waals surface area contributed by atoms with Crippen LogP contribution in [0.4, 0.5) is 0 Å². The molecule has 0 spiro atoms. The van der Waals surface area contributed by atoms with Crippen LogP contribution >= 0.6 is 0 Å². The molecule has 0 bridgehead atoms. The average Bonchev–Trinajstić information content (AvgIpc) is 2.23. The molecular formula is C14H22N2. The van der Waals surface area contributed by atoms with Gasteiger partial charge in [-0.3, -0.25) is 0 Å². The number of likely N-dealkylation sites (N-methyl/N-ethyl adjacent to an activating group) is 1. The molecule has 88 valence electrons. The lowest BCUT2D eigenvalue weighted by Gasteiger charge is -2.45. The summed E-state index contributed by atoms with van der Waals surface area (Å²) < 4.78 is 0. The minimum atomic E-state index is 0.374. The van der Waals surface area contributed by atoms with Gasteiger partial charge in [0.05, 0.1) is 0 Å². The van der Waals surface area contributed by atoms with Gasteiger partial charge in [-0.15, -0.1) is 0 Å². The van der Waals surface area contributed by atoms with Crippen molar-refractivity contribution in [1.29, 1.82) is 0 Å². The molecule has 2 nitrogen and oxygen atoms in total. The summed E-state index contributed by atoms with van der Waals surface area (Å²) in [5.74, 6) is 0. The quantitative estimate of drug-likeness (QED) is 0.839. The predicted molar refractivity (Wildman–Crippen MR) is 68.4 cm³/mol. The lowest BCUT2D eigenvalue weighted by Crippen LogP contribution is -2.44. The van der Waals surface area contributed by atoms with Crippen molar-refractivity contribution in [3.05, 3.63) is 35.4 Å². The van der Waals surface area contributed by atoms with Gasteiger partial charge in [0.2, 0.25) is 0 Å². The lowest BCUT2D eigenvalue weighted by atomic mass is 9.63. The Morgan fingerprint density at radius 1 is 1.25 bits per heavy atom. The van der Waals surface area contributed by atoms with Crippen molar-refractivity contribution in [1.82, 2.24) is 4.90 Å². The van der Waals surface area contributed by atoms with Gasteiger partial charge in [-0.25, -0.2) is 0 Å². The van der Waals surface area contributed by atoms with Gasteiger partial charge in [-0.2, -0.15) is 0 Å². The van der Waals surface area contributed by atoms with Crippen LogP contribution in [0.25, 0.3) is 0 Å². The summed E-state index contributed by atoms with van der Waals surface area (Å²) in [6, 6.07) is 8.67. The van der Waals surface area contributed by atoms with Crippen LogP contribution in [-0.2, 0) is 12.0 Å². The molecule has 0 aromatic heterocycles. The highest BCUT2D eigenvalue weighted by molar-refractivity contribution is 5.36. The Balaban J connectivity index is 2.32. The molecule has 1 aliphatic carbocycles. The van der Waals surface area contributed by atoms with Crippen LogP contribution in [0.2, 0.25) is 0 Å². The maximum atomic E-state index is 5.84. The Labute approximate surface area is 98.4 Å². The monoisotopic (exact) mass is 218 g/mol. The molecule has 0 heterocycles. The van der Waals surface area contributed by atoms with E-state index in [-0.39, 0.29) is 0 Å². The van der Waals surface area contributed by atoms with Gasteiger partial charge < -0.3 is 10.6 Å². The molecule has 2 rings (SSSR count). The Kier molecular flexibility index (Phi) is 3.31. The van der Waals surface area contributed by atoms with Gasteiger partial charge in [0, 0.05) is 18.5 Å². The van der Waals surface area contributed by atoms with Crippen LogP contribution < -0.4 is 5.73 Å². The molecule has 2 heteroatoms. The van der Waals surface area contributed by atoms with Gasteiger partial charge in [-0.1, -0.05) is 30.7 Å². The zero-order chi connectivity index (χ0) is 11.6. The second-order valence-corrected chi connectivity index (χ2v) is 5.23. The van der Waals surface area contributed by atoms with Gasteiger partial charge in [0.15, 0.2) is 0 Å². The van der Waals surface area contributed by atoms with E-state index in [9.17, 15) is 0 Å². The maximum absolute atomic E-state index is 5.84. The largest absolute Gasteiger partial charge is 0.326 e. The highest BCUT2D eigenvalue weighted by atomic mass is 15.1. The lowest BCUT2D eigenvalue weighted by molar-refractivity contribution is 0.176. The van der Waals surface area contributed by atoms with E-state index in [0.29, 0.717) is 12.0 Å². The fourth-order valence-electron chi connectivity index (χ4n) is 2.94. The molecule has 2 N–H and O–H groups in total. The molecule has 0 saturated heterocycles. The number of nitrogens with two attached hydrogens (primary N) is 1. The fraction of sp³-hybridized carbons (Fsp3) is 0.571. The normalized spacial score (nSPS) is 18.5. The standard InChI is InChI=1S/C14H22N2/c1-16(2)11-14(8-5-9-14)13-7-4-3-6-12(13)10-15/h3-4,6-7H,5,8-11,15H2,1-2H3. The Morgan fingerprint density at radius 3 is 2.44 bits per heavy atom. The third-order valence-electron chi connectivity index (χ3n) is 3.74. The van der Waals surface area contributed by atoms with Gasteiger partial charge in [0.25, 0.3) is 0 Å². The maximum Gasteiger partial charge on any atom is 0.0181 e. The second-order valence-electron chi connectivity index (χ2n) is 5.23. The van der Waals surface area contributed by atoms with Crippen molar-refractivity contribution in [2.24, 2.45) is 5.73 Å². The summed E-state index contributed by atoms with van der Waals surface area (Å²) in [4.78, 5) is 2.30. The average molecular weight is 218 g/mol. The third kappa shape index (κ3) is 2.00. The van der Waals surface area contributed by atoms with Crippen molar-refractivity contribution in [3.63, 3.8) is 0 Å². The van der Waals surface area contributed by atoms with E-state index in [2.05, 4.69) is 43.3 Å². The molecule has 0 radical (unpaired) electrons. The van der Waals surface area contributed by atoms with E-state index >= 15 is 0 Å². The van der Waals surface area contributed by atoms with Crippen LogP contribution in [0.15, 0.2) is 24.3 Å². The van der Waals surface area contributed by atoms with Crippen molar-refractivity contribution >= 4 is 0 Å². The highest BCUT2D eigenvalue weighted by Crippen LogP contribution is 2.45. The fourth-order valence-corrected chi connectivity index (χ4v) is 2.94. The van der Waals surface area contributed by atoms with Crippen molar-refractivity contribution in [2.75, 3.05) is 20.6 Å². The van der Waals surface area contributed by atoms with Gasteiger partial charge in [-0.05, 0) is 38.1 Å². The molecule has 1 saturated carbocycles. The molecular weight excluding hydrogens is 196 g/mol. The first-order valence-corrected chi connectivity index (χ1v) is 6.11. The molecule has 0 atom stereocenters. The molecule has 0 unspecified atom stereocenters. The molecule has 1 aliphatic rings. The minimum absolute atomic E-state index is 0.374. The summed E-state index contributed by atoms with van der Waals surface area (Å²) in [6.45, 7) is 1.80. The van der Waals surface area contributed by atoms with E-state index in [1.807, 2.05) is 0 Å². The van der Waals surface area contributed by atoms with E-state index in [0.717, 1.165) is 6.54 Å². The number of benzene rings is 1. The summed E-state index contributed by atoms with van der Waals surface area (Å²) in [7, 11) is 4.32. The van der Waals surface area contributed by atoms with E-state index in [1.54, 1.807) is 0 Å². The number of hydrogen-bond acceptors (Lipinski definition) is 2. The van der Waals surface area contributed by atoms with Crippen molar-refractivity contribution in [3.8, 4) is 0 Å². The molecule has 16 heavy (non-hydrogen) atoms. The minimum Gasteiger partial charge on any atom is -0.326 e. The van der Waals surface area contributed by atoms with Crippen LogP contribution in [0.5, 0.6) is 0 Å². The highest BCUT2D eigenvalue weighted by Gasteiger charge is 2.39. The number of nitrogens with zero attached hydrogens (tertiary/aromatic N) is 1. The first-order chi connectivity index (χ1) is 7.68. The first kappa shape index (κ1) is 11.6. The topological polar surface area (TPSA) is 29.3 Å². The summed E-state index contributed by atoms with van der Waals surface area (Å²) in [5.41, 5.74) is 9.02. The van der Waals surface area contributed by atoms with Gasteiger partial charge >= 0.3 is 0 Å². The van der Waals surface area contributed by atoms with Gasteiger partial charge in [0.1, 0.15) is 0 Å². The SMILES string of the molecule is CN(C)CC1(c2ccccc2CN)CCC1. The Morgan fingerprint density at radius 2 is 1.94 bits per heavy atom. The molecule has 1 fully saturated rings. The second kappa shape index (κ2) is 4.56. The summed E-state index contributed by atoms with van der Waals surface area (Å²) in [5, 5.41) is 0.